The summed E-state index contributed by atoms with van der Waals surface area (Å²) in [6.07, 6.45) is 4.48. The van der Waals surface area contributed by atoms with Gasteiger partial charge in [0.1, 0.15) is 11.1 Å². The van der Waals surface area contributed by atoms with E-state index < -0.39 is 0 Å². The highest BCUT2D eigenvalue weighted by Gasteiger charge is 2.17. The van der Waals surface area contributed by atoms with Gasteiger partial charge in [0.05, 0.1) is 17.0 Å². The average Bonchev–Trinajstić information content (AvgIpc) is 3.13. The lowest BCUT2D eigenvalue weighted by Crippen LogP contribution is -2.33. The number of nitrogens with zero attached hydrogens (tertiary/aromatic N) is 2. The van der Waals surface area contributed by atoms with E-state index in [1.54, 1.807) is 18.2 Å². The van der Waals surface area contributed by atoms with Crippen molar-refractivity contribution in [2.24, 2.45) is 0 Å². The van der Waals surface area contributed by atoms with Crippen molar-refractivity contribution in [3.05, 3.63) is 47.0 Å². The second-order valence-electron chi connectivity index (χ2n) is 6.01. The molecule has 6 heteroatoms. The molecule has 0 saturated heterocycles. The van der Waals surface area contributed by atoms with E-state index in [1.807, 2.05) is 18.2 Å². The summed E-state index contributed by atoms with van der Waals surface area (Å²) in [5, 5.41) is 13.6. The Labute approximate surface area is 156 Å². The molecule has 128 valence electrons. The summed E-state index contributed by atoms with van der Waals surface area (Å²) in [6.45, 7) is 0. The number of hydrogen-bond donors (Lipinski definition) is 1. The van der Waals surface area contributed by atoms with Gasteiger partial charge in [-0.15, -0.1) is 0 Å². The van der Waals surface area contributed by atoms with E-state index in [4.69, 9.17) is 11.6 Å². The molecular formula is C19H18ClN3OS. The van der Waals surface area contributed by atoms with Gasteiger partial charge >= 0.3 is 0 Å². The number of carbonyl (C=O) groups is 1. The second kappa shape index (κ2) is 8.37. The molecule has 1 aromatic heterocycles. The first-order chi connectivity index (χ1) is 12.2. The molecule has 2 aromatic rings. The van der Waals surface area contributed by atoms with Gasteiger partial charge in [-0.2, -0.15) is 5.26 Å². The highest BCUT2D eigenvalue weighted by molar-refractivity contribution is 8.00. The molecule has 0 aliphatic heterocycles. The molecule has 0 unspecified atom stereocenters. The van der Waals surface area contributed by atoms with Crippen molar-refractivity contribution in [2.45, 2.75) is 36.8 Å². The number of pyridine rings is 1. The minimum absolute atomic E-state index is 0.000476. The fraction of sp³-hybridized carbons (Fsp3) is 0.316. The molecule has 1 fully saturated rings. The van der Waals surface area contributed by atoms with Gasteiger partial charge in [-0.25, -0.2) is 4.98 Å². The second-order valence-corrected chi connectivity index (χ2v) is 7.41. The highest BCUT2D eigenvalue weighted by atomic mass is 35.5. The third kappa shape index (κ3) is 4.75. The zero-order valence-electron chi connectivity index (χ0n) is 13.7. The smallest absolute Gasteiger partial charge is 0.230 e. The Morgan fingerprint density at radius 3 is 2.64 bits per heavy atom. The van der Waals surface area contributed by atoms with Crippen molar-refractivity contribution in [3.63, 3.8) is 0 Å². The summed E-state index contributed by atoms with van der Waals surface area (Å²) < 4.78 is 0. The van der Waals surface area contributed by atoms with E-state index in [0.717, 1.165) is 24.1 Å². The topological polar surface area (TPSA) is 65.8 Å². The molecule has 4 nitrogen and oxygen atoms in total. The third-order valence-electron chi connectivity index (χ3n) is 4.18. The molecular weight excluding hydrogens is 354 g/mol. The number of carbonyl (C=O) groups excluding carboxylic acids is 1. The van der Waals surface area contributed by atoms with E-state index in [2.05, 4.69) is 16.4 Å². The maximum atomic E-state index is 12.1. The maximum Gasteiger partial charge on any atom is 0.230 e. The van der Waals surface area contributed by atoms with Crippen LogP contribution in [0.3, 0.4) is 0 Å². The van der Waals surface area contributed by atoms with Gasteiger partial charge in [0, 0.05) is 16.6 Å². The Kier molecular flexibility index (Phi) is 5.95. The average molecular weight is 372 g/mol. The first kappa shape index (κ1) is 17.8. The number of hydrogen-bond acceptors (Lipinski definition) is 4. The summed E-state index contributed by atoms with van der Waals surface area (Å²) in [5.74, 6) is 0.266. The van der Waals surface area contributed by atoms with Crippen molar-refractivity contribution in [1.29, 1.82) is 5.26 Å². The minimum atomic E-state index is -0.000476. The van der Waals surface area contributed by atoms with Crippen molar-refractivity contribution < 1.29 is 4.79 Å². The maximum absolute atomic E-state index is 12.1. The molecule has 1 saturated carbocycles. The monoisotopic (exact) mass is 371 g/mol. The summed E-state index contributed by atoms with van der Waals surface area (Å²) in [4.78, 5) is 16.7. The van der Waals surface area contributed by atoms with Crippen LogP contribution in [0.25, 0.3) is 11.3 Å². The number of aromatic nitrogens is 1. The Morgan fingerprint density at radius 2 is 1.96 bits per heavy atom. The van der Waals surface area contributed by atoms with Crippen LogP contribution in [-0.2, 0) is 4.79 Å². The van der Waals surface area contributed by atoms with Gasteiger partial charge in [-0.05, 0) is 37.1 Å². The number of benzene rings is 1. The first-order valence-corrected chi connectivity index (χ1v) is 9.61. The van der Waals surface area contributed by atoms with Crippen LogP contribution < -0.4 is 5.32 Å². The van der Waals surface area contributed by atoms with Crippen molar-refractivity contribution in [1.82, 2.24) is 10.3 Å². The Hall–Kier alpha value is -2.03. The van der Waals surface area contributed by atoms with Gasteiger partial charge in [0.25, 0.3) is 0 Å². The van der Waals surface area contributed by atoms with E-state index in [-0.39, 0.29) is 11.7 Å². The lowest BCUT2D eigenvalue weighted by Gasteiger charge is -2.12. The molecule has 0 radical (unpaired) electrons. The predicted octanol–water partition coefficient (Wildman–Crippen LogP) is 4.42. The van der Waals surface area contributed by atoms with Gasteiger partial charge in [-0.3, -0.25) is 4.79 Å². The fourth-order valence-electron chi connectivity index (χ4n) is 2.89. The van der Waals surface area contributed by atoms with Crippen LogP contribution in [0.2, 0.25) is 5.02 Å². The van der Waals surface area contributed by atoms with E-state index >= 15 is 0 Å². The van der Waals surface area contributed by atoms with E-state index in [0.29, 0.717) is 21.7 Å². The molecule has 1 aromatic carbocycles. The third-order valence-corrected chi connectivity index (χ3v) is 5.42. The van der Waals surface area contributed by atoms with Crippen LogP contribution in [-0.4, -0.2) is 22.7 Å². The zero-order valence-corrected chi connectivity index (χ0v) is 15.2. The number of nitriles is 1. The number of rotatable bonds is 5. The lowest BCUT2D eigenvalue weighted by molar-refractivity contribution is -0.119. The van der Waals surface area contributed by atoms with Gasteiger partial charge < -0.3 is 5.32 Å². The van der Waals surface area contributed by atoms with Crippen molar-refractivity contribution in [2.75, 3.05) is 5.75 Å². The van der Waals surface area contributed by atoms with Crippen LogP contribution in [0.1, 0.15) is 31.2 Å². The fourth-order valence-corrected chi connectivity index (χ4v) is 3.80. The molecule has 0 atom stereocenters. The normalized spacial score (nSPS) is 14.2. The van der Waals surface area contributed by atoms with E-state index in [9.17, 15) is 10.1 Å². The molecule has 1 amide bonds. The summed E-state index contributed by atoms with van der Waals surface area (Å²) in [5.41, 5.74) is 2.16. The molecule has 0 spiro atoms. The van der Waals surface area contributed by atoms with Gasteiger partial charge in [-0.1, -0.05) is 48.3 Å². The minimum Gasteiger partial charge on any atom is -0.353 e. The Balaban J connectivity index is 1.70. The molecule has 0 bridgehead atoms. The van der Waals surface area contributed by atoms with Crippen LogP contribution >= 0.6 is 23.4 Å². The number of nitrogens with one attached hydrogen (secondary N) is 1. The quantitative estimate of drug-likeness (QED) is 0.790. The van der Waals surface area contributed by atoms with Gasteiger partial charge in [0.2, 0.25) is 5.91 Å². The van der Waals surface area contributed by atoms with E-state index in [1.165, 1.54) is 24.6 Å². The Bertz CT molecular complexity index is 795. The lowest BCUT2D eigenvalue weighted by atomic mass is 10.1. The van der Waals surface area contributed by atoms with Crippen molar-refractivity contribution >= 4 is 29.3 Å². The standard InChI is InChI=1S/C19H18ClN3OS/c20-15-8-5-13(6-9-15)17-10-7-14(11-21)19(23-17)25-12-18(24)22-16-3-1-2-4-16/h5-10,16H,1-4,12H2,(H,22,24). The van der Waals surface area contributed by atoms with Crippen LogP contribution in [0.4, 0.5) is 0 Å². The molecule has 25 heavy (non-hydrogen) atoms. The molecule has 1 aliphatic carbocycles. The summed E-state index contributed by atoms with van der Waals surface area (Å²) in [7, 11) is 0. The molecule has 1 N–H and O–H groups in total. The number of amides is 1. The van der Waals surface area contributed by atoms with Gasteiger partial charge in [0.15, 0.2) is 0 Å². The SMILES string of the molecule is N#Cc1ccc(-c2ccc(Cl)cc2)nc1SCC(=O)NC1CCCC1. The van der Waals surface area contributed by atoms with Crippen LogP contribution in [0.5, 0.6) is 0 Å². The molecule has 1 aliphatic rings. The van der Waals surface area contributed by atoms with Crippen LogP contribution in [0, 0.1) is 11.3 Å². The molecule has 1 heterocycles. The van der Waals surface area contributed by atoms with Crippen molar-refractivity contribution in [3.8, 4) is 17.3 Å². The molecule has 3 rings (SSSR count). The first-order valence-electron chi connectivity index (χ1n) is 8.25. The Morgan fingerprint density at radius 1 is 1.24 bits per heavy atom. The summed E-state index contributed by atoms with van der Waals surface area (Å²) in [6, 6.07) is 13.4. The predicted molar refractivity (Wildman–Crippen MR) is 101 cm³/mol. The summed E-state index contributed by atoms with van der Waals surface area (Å²) >= 11 is 7.22. The largest absolute Gasteiger partial charge is 0.353 e. The zero-order chi connectivity index (χ0) is 17.6. The number of thioether (sulfide) groups is 1. The number of halogens is 1. The van der Waals surface area contributed by atoms with Crippen LogP contribution in [0.15, 0.2) is 41.4 Å². The highest BCUT2D eigenvalue weighted by Crippen LogP contribution is 2.26.